The Bertz CT molecular complexity index is 920. The van der Waals surface area contributed by atoms with Crippen molar-refractivity contribution < 1.29 is 4.74 Å². The summed E-state index contributed by atoms with van der Waals surface area (Å²) in [6, 6.07) is 7.16. The van der Waals surface area contributed by atoms with Crippen molar-refractivity contribution in [3.63, 3.8) is 0 Å². The molecule has 1 unspecified atom stereocenters. The van der Waals surface area contributed by atoms with E-state index in [4.69, 9.17) is 19.7 Å². The van der Waals surface area contributed by atoms with E-state index in [1.54, 1.807) is 7.11 Å². The van der Waals surface area contributed by atoms with Gasteiger partial charge in [0.05, 0.1) is 10.7 Å². The molecule has 1 saturated heterocycles. The van der Waals surface area contributed by atoms with Crippen LogP contribution < -0.4 is 20.7 Å². The summed E-state index contributed by atoms with van der Waals surface area (Å²) in [5, 5.41) is 10.5. The topological polar surface area (TPSA) is 87.2 Å². The molecule has 1 aromatic heterocycles. The van der Waals surface area contributed by atoms with Crippen LogP contribution in [0.2, 0.25) is 0 Å². The largest absolute Gasteiger partial charge is 0.496 e. The molecule has 0 bridgehead atoms. The first kappa shape index (κ1) is 25.2. The highest BCUT2D eigenvalue weighted by atomic mass is 127. The minimum Gasteiger partial charge on any atom is -0.496 e. The first-order valence-electron chi connectivity index (χ1n) is 12.7. The first-order valence-corrected chi connectivity index (χ1v) is 13.8. The number of methoxy groups -OCH3 is 1. The van der Waals surface area contributed by atoms with Crippen LogP contribution in [0, 0.1) is 3.57 Å². The third-order valence-electron chi connectivity index (χ3n) is 6.89. The van der Waals surface area contributed by atoms with Gasteiger partial charge in [0.1, 0.15) is 5.75 Å². The highest BCUT2D eigenvalue weighted by Gasteiger charge is 2.23. The number of likely N-dealkylation sites (N-methyl/N-ethyl adjacent to an activating group) is 1. The first-order chi connectivity index (χ1) is 16.6. The number of hydrogen-bond donors (Lipinski definition) is 3. The molecule has 1 saturated carbocycles. The fourth-order valence-electron chi connectivity index (χ4n) is 4.96. The molecule has 0 spiro atoms. The maximum atomic E-state index is 5.38. The summed E-state index contributed by atoms with van der Waals surface area (Å²) in [5.74, 6) is 2.79. The van der Waals surface area contributed by atoms with Crippen molar-refractivity contribution in [1.29, 1.82) is 0 Å². The predicted octanol–water partition coefficient (Wildman–Crippen LogP) is 5.13. The molecule has 186 valence electrons. The van der Waals surface area contributed by atoms with Gasteiger partial charge in [0, 0.05) is 25.2 Å². The average Bonchev–Trinajstić information content (AvgIpc) is 3.16. The van der Waals surface area contributed by atoms with Gasteiger partial charge in [-0.3, -0.25) is 4.90 Å². The van der Waals surface area contributed by atoms with E-state index in [1.807, 2.05) is 6.07 Å². The summed E-state index contributed by atoms with van der Waals surface area (Å²) < 4.78 is 6.47. The molecular formula is C25H38IN7O. The lowest BCUT2D eigenvalue weighted by Crippen LogP contribution is -2.35. The lowest BCUT2D eigenvalue weighted by molar-refractivity contribution is 0.277. The summed E-state index contributed by atoms with van der Waals surface area (Å²) in [7, 11) is 1.70. The number of hydrogen-bond acceptors (Lipinski definition) is 8. The SMILES string of the molecule is CCN1CCCC1CNc1nc(NCc2ccc(OC)c(I)c2)nc(NC2CCCCCC2)n1. The van der Waals surface area contributed by atoms with E-state index in [9.17, 15) is 0 Å². The van der Waals surface area contributed by atoms with E-state index in [2.05, 4.69) is 62.5 Å². The molecule has 1 aliphatic heterocycles. The van der Waals surface area contributed by atoms with Gasteiger partial charge in [0.2, 0.25) is 17.8 Å². The molecule has 1 aliphatic carbocycles. The number of benzene rings is 1. The highest BCUT2D eigenvalue weighted by molar-refractivity contribution is 14.1. The standard InChI is InChI=1S/C25H38IN7O/c1-3-33-14-8-11-20(33)17-28-24-30-23(27-16-18-12-13-22(34-2)21(26)15-18)31-25(32-24)29-19-9-6-4-5-7-10-19/h12-13,15,19-20H,3-11,14,16-17H2,1-2H3,(H3,27,28,29,30,31,32). The van der Waals surface area contributed by atoms with Gasteiger partial charge in [-0.2, -0.15) is 15.0 Å². The zero-order valence-corrected chi connectivity index (χ0v) is 22.6. The maximum absolute atomic E-state index is 5.38. The van der Waals surface area contributed by atoms with Crippen LogP contribution in [0.4, 0.5) is 17.8 Å². The lowest BCUT2D eigenvalue weighted by atomic mass is 10.1. The Hall–Kier alpha value is -1.88. The van der Waals surface area contributed by atoms with E-state index in [-0.39, 0.29) is 0 Å². The Morgan fingerprint density at radius 3 is 2.41 bits per heavy atom. The number of nitrogens with one attached hydrogen (secondary N) is 3. The van der Waals surface area contributed by atoms with Gasteiger partial charge in [-0.1, -0.05) is 38.7 Å². The fraction of sp³-hybridized carbons (Fsp3) is 0.640. The van der Waals surface area contributed by atoms with Crippen molar-refractivity contribution in [2.75, 3.05) is 42.7 Å². The Labute approximate surface area is 217 Å². The van der Waals surface area contributed by atoms with Gasteiger partial charge in [-0.15, -0.1) is 0 Å². The summed E-state index contributed by atoms with van der Waals surface area (Å²) >= 11 is 2.30. The average molecular weight is 580 g/mol. The molecule has 0 amide bonds. The number of rotatable bonds is 10. The summed E-state index contributed by atoms with van der Waals surface area (Å²) in [4.78, 5) is 16.7. The molecule has 2 aromatic rings. The van der Waals surface area contributed by atoms with Crippen LogP contribution in [0.15, 0.2) is 18.2 Å². The molecule has 8 nitrogen and oxygen atoms in total. The van der Waals surface area contributed by atoms with Crippen molar-refractivity contribution in [1.82, 2.24) is 19.9 Å². The van der Waals surface area contributed by atoms with Gasteiger partial charge in [0.25, 0.3) is 0 Å². The molecule has 2 heterocycles. The lowest BCUT2D eigenvalue weighted by Gasteiger charge is -2.23. The van der Waals surface area contributed by atoms with Crippen molar-refractivity contribution >= 4 is 40.4 Å². The zero-order valence-electron chi connectivity index (χ0n) is 20.4. The van der Waals surface area contributed by atoms with Gasteiger partial charge in [-0.25, -0.2) is 0 Å². The Balaban J connectivity index is 1.46. The molecule has 0 radical (unpaired) electrons. The minimum atomic E-state index is 0.430. The van der Waals surface area contributed by atoms with E-state index in [0.29, 0.717) is 36.5 Å². The van der Waals surface area contributed by atoms with Crippen molar-refractivity contribution in [2.24, 2.45) is 0 Å². The van der Waals surface area contributed by atoms with Crippen LogP contribution in [-0.2, 0) is 6.54 Å². The summed E-state index contributed by atoms with van der Waals surface area (Å²) in [6.07, 6.45) is 10.0. The van der Waals surface area contributed by atoms with E-state index in [0.717, 1.165) is 28.0 Å². The van der Waals surface area contributed by atoms with Crippen LogP contribution in [0.1, 0.15) is 63.9 Å². The van der Waals surface area contributed by atoms with Crippen LogP contribution in [0.5, 0.6) is 5.75 Å². The van der Waals surface area contributed by atoms with E-state index < -0.39 is 0 Å². The highest BCUT2D eigenvalue weighted by Crippen LogP contribution is 2.23. The summed E-state index contributed by atoms with van der Waals surface area (Å²) in [5.41, 5.74) is 1.16. The Morgan fingerprint density at radius 2 is 1.71 bits per heavy atom. The fourth-order valence-corrected chi connectivity index (χ4v) is 5.76. The number of anilines is 3. The third-order valence-corrected chi connectivity index (χ3v) is 7.73. The van der Waals surface area contributed by atoms with E-state index in [1.165, 1.54) is 57.9 Å². The molecule has 1 aromatic carbocycles. The second kappa shape index (κ2) is 12.7. The molecular weight excluding hydrogens is 541 g/mol. The number of halogens is 1. The van der Waals surface area contributed by atoms with Crippen LogP contribution in [-0.4, -0.2) is 58.7 Å². The minimum absolute atomic E-state index is 0.430. The number of likely N-dealkylation sites (tertiary alicyclic amines) is 1. The number of nitrogens with zero attached hydrogens (tertiary/aromatic N) is 4. The molecule has 2 aliphatic rings. The van der Waals surface area contributed by atoms with Crippen molar-refractivity contribution in [3.8, 4) is 5.75 Å². The van der Waals surface area contributed by atoms with Crippen LogP contribution in [0.25, 0.3) is 0 Å². The molecule has 34 heavy (non-hydrogen) atoms. The van der Waals surface area contributed by atoms with E-state index >= 15 is 0 Å². The van der Waals surface area contributed by atoms with Crippen LogP contribution in [0.3, 0.4) is 0 Å². The predicted molar refractivity (Wildman–Crippen MR) is 147 cm³/mol. The zero-order chi connectivity index (χ0) is 23.8. The van der Waals surface area contributed by atoms with Crippen LogP contribution >= 0.6 is 22.6 Å². The molecule has 4 rings (SSSR count). The molecule has 2 fully saturated rings. The normalized spacial score (nSPS) is 19.6. The van der Waals surface area contributed by atoms with Gasteiger partial charge in [-0.05, 0) is 79.1 Å². The maximum Gasteiger partial charge on any atom is 0.229 e. The quantitative estimate of drug-likeness (QED) is 0.264. The van der Waals surface area contributed by atoms with Gasteiger partial charge >= 0.3 is 0 Å². The van der Waals surface area contributed by atoms with Gasteiger partial charge in [0.15, 0.2) is 0 Å². The number of ether oxygens (including phenoxy) is 1. The Morgan fingerprint density at radius 1 is 0.971 bits per heavy atom. The molecule has 3 N–H and O–H groups in total. The monoisotopic (exact) mass is 579 g/mol. The molecule has 1 atom stereocenters. The van der Waals surface area contributed by atoms with Crippen molar-refractivity contribution in [2.45, 2.75) is 76.9 Å². The van der Waals surface area contributed by atoms with Crippen molar-refractivity contribution in [3.05, 3.63) is 27.3 Å². The second-order valence-corrected chi connectivity index (χ2v) is 10.4. The van der Waals surface area contributed by atoms with Gasteiger partial charge < -0.3 is 20.7 Å². The Kier molecular flexibility index (Phi) is 9.43. The second-order valence-electron chi connectivity index (χ2n) is 9.27. The number of aromatic nitrogens is 3. The molecule has 9 heteroatoms. The third kappa shape index (κ3) is 7.07. The smallest absolute Gasteiger partial charge is 0.229 e. The summed E-state index contributed by atoms with van der Waals surface area (Å²) in [6.45, 7) is 6.00.